The van der Waals surface area contributed by atoms with Crippen LogP contribution in [0.2, 0.25) is 0 Å². The first-order valence-electron chi connectivity index (χ1n) is 8.76. The molecule has 0 spiro atoms. The molecule has 0 aromatic heterocycles. The Hall–Kier alpha value is -0.990. The van der Waals surface area contributed by atoms with E-state index in [9.17, 15) is 13.2 Å². The van der Waals surface area contributed by atoms with Crippen molar-refractivity contribution in [1.29, 1.82) is 0 Å². The summed E-state index contributed by atoms with van der Waals surface area (Å²) in [4.78, 5) is 0. The van der Waals surface area contributed by atoms with Crippen LogP contribution in [-0.2, 0) is 0 Å². The molecule has 1 aliphatic rings. The van der Waals surface area contributed by atoms with E-state index < -0.39 is 17.5 Å². The Morgan fingerprint density at radius 1 is 0.864 bits per heavy atom. The van der Waals surface area contributed by atoms with Crippen LogP contribution in [0.4, 0.5) is 13.2 Å². The van der Waals surface area contributed by atoms with Gasteiger partial charge in [0.05, 0.1) is 0 Å². The molecule has 1 saturated carbocycles. The minimum Gasteiger partial charge on any atom is -0.204 e. The second-order valence-corrected chi connectivity index (χ2v) is 6.69. The van der Waals surface area contributed by atoms with Gasteiger partial charge in [0.15, 0.2) is 17.5 Å². The second kappa shape index (κ2) is 8.59. The number of rotatable bonds is 7. The molecule has 22 heavy (non-hydrogen) atoms. The lowest BCUT2D eigenvalue weighted by molar-refractivity contribution is 0.296. The van der Waals surface area contributed by atoms with Gasteiger partial charge >= 0.3 is 0 Å². The molecule has 0 heterocycles. The van der Waals surface area contributed by atoms with Crippen LogP contribution in [0.25, 0.3) is 0 Å². The highest BCUT2D eigenvalue weighted by Gasteiger charge is 2.26. The van der Waals surface area contributed by atoms with Crippen molar-refractivity contribution >= 4 is 0 Å². The fourth-order valence-electron chi connectivity index (χ4n) is 3.65. The van der Waals surface area contributed by atoms with Gasteiger partial charge in [0, 0.05) is 0 Å². The molecule has 0 nitrogen and oxygen atoms in total. The smallest absolute Gasteiger partial charge is 0.194 e. The molecule has 0 bridgehead atoms. The summed E-state index contributed by atoms with van der Waals surface area (Å²) in [6.07, 6.45) is 11.7. The predicted octanol–water partition coefficient (Wildman–Crippen LogP) is 6.74. The van der Waals surface area contributed by atoms with Crippen LogP contribution < -0.4 is 0 Å². The fourth-order valence-corrected chi connectivity index (χ4v) is 3.65. The molecule has 1 aliphatic carbocycles. The van der Waals surface area contributed by atoms with Crippen LogP contribution >= 0.6 is 0 Å². The highest BCUT2D eigenvalue weighted by atomic mass is 19.2. The van der Waals surface area contributed by atoms with Crippen molar-refractivity contribution < 1.29 is 13.2 Å². The largest absolute Gasteiger partial charge is 0.204 e. The molecular weight excluding hydrogens is 285 g/mol. The summed E-state index contributed by atoms with van der Waals surface area (Å²) in [5.74, 6) is -2.63. The number of unbranched alkanes of at least 4 members (excludes halogenated alkanes) is 4. The van der Waals surface area contributed by atoms with E-state index in [0.717, 1.165) is 37.7 Å². The zero-order chi connectivity index (χ0) is 15.9. The molecule has 0 saturated heterocycles. The van der Waals surface area contributed by atoms with Gasteiger partial charge in [0.2, 0.25) is 0 Å². The third-order valence-corrected chi connectivity index (χ3v) is 5.07. The molecule has 0 N–H and O–H groups in total. The van der Waals surface area contributed by atoms with Crippen LogP contribution in [0.3, 0.4) is 0 Å². The Labute approximate surface area is 132 Å². The maximum Gasteiger partial charge on any atom is 0.194 e. The van der Waals surface area contributed by atoms with E-state index in [1.807, 2.05) is 0 Å². The van der Waals surface area contributed by atoms with Crippen LogP contribution in [0.5, 0.6) is 0 Å². The average Bonchev–Trinajstić information content (AvgIpc) is 2.53. The second-order valence-electron chi connectivity index (χ2n) is 6.69. The Balaban J connectivity index is 1.79. The maximum atomic E-state index is 13.9. The van der Waals surface area contributed by atoms with Gasteiger partial charge in [-0.2, -0.15) is 0 Å². The third-order valence-electron chi connectivity index (χ3n) is 5.07. The fraction of sp³-hybridized carbons (Fsp3) is 0.684. The van der Waals surface area contributed by atoms with Crippen molar-refractivity contribution in [3.05, 3.63) is 35.1 Å². The molecular formula is C19H27F3. The van der Waals surface area contributed by atoms with Crippen molar-refractivity contribution in [2.24, 2.45) is 5.92 Å². The number of benzene rings is 1. The number of hydrogen-bond acceptors (Lipinski definition) is 0. The quantitative estimate of drug-likeness (QED) is 0.386. The summed E-state index contributed by atoms with van der Waals surface area (Å²) in [6, 6.07) is 2.47. The van der Waals surface area contributed by atoms with E-state index in [4.69, 9.17) is 0 Å². The van der Waals surface area contributed by atoms with Crippen molar-refractivity contribution in [3.8, 4) is 0 Å². The van der Waals surface area contributed by atoms with E-state index in [0.29, 0.717) is 5.56 Å². The van der Waals surface area contributed by atoms with Crippen LogP contribution in [0.1, 0.15) is 82.6 Å². The lowest BCUT2D eigenvalue weighted by atomic mass is 9.77. The Morgan fingerprint density at radius 2 is 1.55 bits per heavy atom. The van der Waals surface area contributed by atoms with E-state index in [1.165, 1.54) is 44.6 Å². The molecule has 0 unspecified atom stereocenters. The highest BCUT2D eigenvalue weighted by molar-refractivity contribution is 5.24. The lowest BCUT2D eigenvalue weighted by Gasteiger charge is -2.29. The molecule has 0 radical (unpaired) electrons. The summed E-state index contributed by atoms with van der Waals surface area (Å²) in [5.41, 5.74) is 0.361. The number of halogens is 3. The molecule has 1 fully saturated rings. The minimum absolute atomic E-state index is 0.0476. The molecule has 0 atom stereocenters. The zero-order valence-corrected chi connectivity index (χ0v) is 13.5. The predicted molar refractivity (Wildman–Crippen MR) is 84.4 cm³/mol. The molecule has 0 amide bonds. The molecule has 3 heteroatoms. The normalized spacial score (nSPS) is 22.0. The Morgan fingerprint density at radius 3 is 2.23 bits per heavy atom. The van der Waals surface area contributed by atoms with E-state index in [2.05, 4.69) is 6.92 Å². The van der Waals surface area contributed by atoms with Gasteiger partial charge in [-0.15, -0.1) is 0 Å². The molecule has 2 rings (SSSR count). The van der Waals surface area contributed by atoms with E-state index in [1.54, 1.807) is 0 Å². The van der Waals surface area contributed by atoms with Gasteiger partial charge < -0.3 is 0 Å². The van der Waals surface area contributed by atoms with Crippen molar-refractivity contribution in [2.75, 3.05) is 0 Å². The van der Waals surface area contributed by atoms with Crippen molar-refractivity contribution in [3.63, 3.8) is 0 Å². The SMILES string of the molecule is CCCCCCCC1CCC(c2ccc(F)c(F)c2F)CC1. The van der Waals surface area contributed by atoms with Crippen LogP contribution in [-0.4, -0.2) is 0 Å². The van der Waals surface area contributed by atoms with E-state index in [-0.39, 0.29) is 5.92 Å². The monoisotopic (exact) mass is 312 g/mol. The Bertz CT molecular complexity index is 462. The average molecular weight is 312 g/mol. The summed E-state index contributed by atoms with van der Waals surface area (Å²) in [6.45, 7) is 2.22. The highest BCUT2D eigenvalue weighted by Crippen LogP contribution is 2.39. The van der Waals surface area contributed by atoms with Gasteiger partial charge in [-0.3, -0.25) is 0 Å². The Kier molecular flexibility index (Phi) is 6.78. The summed E-state index contributed by atoms with van der Waals surface area (Å²) in [7, 11) is 0. The van der Waals surface area contributed by atoms with Gasteiger partial charge in [-0.1, -0.05) is 51.5 Å². The van der Waals surface area contributed by atoms with E-state index >= 15 is 0 Å². The zero-order valence-electron chi connectivity index (χ0n) is 13.5. The third kappa shape index (κ3) is 4.50. The van der Waals surface area contributed by atoms with Gasteiger partial charge in [0.1, 0.15) is 0 Å². The van der Waals surface area contributed by atoms with Gasteiger partial charge in [-0.25, -0.2) is 13.2 Å². The lowest BCUT2D eigenvalue weighted by Crippen LogP contribution is -2.15. The van der Waals surface area contributed by atoms with Crippen molar-refractivity contribution in [1.82, 2.24) is 0 Å². The van der Waals surface area contributed by atoms with Crippen molar-refractivity contribution in [2.45, 2.75) is 77.0 Å². The summed E-state index contributed by atoms with van der Waals surface area (Å²) in [5, 5.41) is 0. The topological polar surface area (TPSA) is 0 Å². The maximum absolute atomic E-state index is 13.9. The minimum atomic E-state index is -1.32. The van der Waals surface area contributed by atoms with Gasteiger partial charge in [-0.05, 0) is 49.1 Å². The first kappa shape index (κ1) is 17.4. The molecule has 0 aliphatic heterocycles. The van der Waals surface area contributed by atoms with Crippen LogP contribution in [0.15, 0.2) is 12.1 Å². The summed E-state index contributed by atoms with van der Waals surface area (Å²) >= 11 is 0. The van der Waals surface area contributed by atoms with Crippen LogP contribution in [0, 0.1) is 23.4 Å². The van der Waals surface area contributed by atoms with Gasteiger partial charge in [0.25, 0.3) is 0 Å². The standard InChI is InChI=1S/C19H27F3/c1-2-3-4-5-6-7-14-8-10-15(11-9-14)16-12-13-17(20)19(22)18(16)21/h12-15H,2-11H2,1H3. The first-order valence-corrected chi connectivity index (χ1v) is 8.76. The molecule has 1 aromatic carbocycles. The summed E-state index contributed by atoms with van der Waals surface area (Å²) < 4.78 is 40.2. The number of hydrogen-bond donors (Lipinski definition) is 0. The molecule has 1 aromatic rings. The first-order chi connectivity index (χ1) is 10.6. The molecule has 124 valence electrons.